The Hall–Kier alpha value is -0.870. The zero-order valence-corrected chi connectivity index (χ0v) is 11.2. The van der Waals surface area contributed by atoms with E-state index >= 15 is 0 Å². The van der Waals surface area contributed by atoms with Gasteiger partial charge in [0, 0.05) is 5.02 Å². The zero-order valence-electron chi connectivity index (χ0n) is 9.61. The normalized spacial score (nSPS) is 12.6. The van der Waals surface area contributed by atoms with E-state index in [0.717, 1.165) is 22.6 Å². The summed E-state index contributed by atoms with van der Waals surface area (Å²) in [6, 6.07) is 8.24. The first-order valence-electron chi connectivity index (χ1n) is 5.43. The number of rotatable bonds is 4. The number of thiophene rings is 1. The molecular formula is C13H15ClN2S. The smallest absolute Gasteiger partial charge is 0.0501 e. The summed E-state index contributed by atoms with van der Waals surface area (Å²) < 4.78 is 0. The molecule has 0 amide bonds. The molecule has 3 N–H and O–H groups in total. The first-order chi connectivity index (χ1) is 8.19. The average Bonchev–Trinajstić information content (AvgIpc) is 2.77. The number of hydrazine groups is 1. The summed E-state index contributed by atoms with van der Waals surface area (Å²) in [6.07, 6.45) is 0.875. The summed E-state index contributed by atoms with van der Waals surface area (Å²) in [7, 11) is 0. The standard InChI is InChI=1S/C13H15ClN2S/c1-9-4-11(7-12(14)5-9)13(16-15)6-10-2-3-17-8-10/h2-5,7-8,13,16H,6,15H2,1H3. The molecule has 0 saturated carbocycles. The number of aryl methyl sites for hydroxylation is 1. The van der Waals surface area contributed by atoms with Crippen LogP contribution in [0.25, 0.3) is 0 Å². The van der Waals surface area contributed by atoms with Gasteiger partial charge in [0.05, 0.1) is 6.04 Å². The van der Waals surface area contributed by atoms with E-state index in [1.807, 2.05) is 19.1 Å². The lowest BCUT2D eigenvalue weighted by atomic mass is 9.99. The Labute approximate surface area is 110 Å². The summed E-state index contributed by atoms with van der Waals surface area (Å²) in [4.78, 5) is 0. The monoisotopic (exact) mass is 266 g/mol. The predicted molar refractivity (Wildman–Crippen MR) is 74.3 cm³/mol. The molecule has 17 heavy (non-hydrogen) atoms. The van der Waals surface area contributed by atoms with Gasteiger partial charge in [0.25, 0.3) is 0 Å². The average molecular weight is 267 g/mol. The van der Waals surface area contributed by atoms with Crippen LogP contribution in [0.5, 0.6) is 0 Å². The van der Waals surface area contributed by atoms with Crippen molar-refractivity contribution < 1.29 is 0 Å². The van der Waals surface area contributed by atoms with Gasteiger partial charge in [-0.3, -0.25) is 11.3 Å². The van der Waals surface area contributed by atoms with Crippen molar-refractivity contribution in [3.8, 4) is 0 Å². The molecule has 0 bridgehead atoms. The first kappa shape index (κ1) is 12.6. The molecule has 4 heteroatoms. The summed E-state index contributed by atoms with van der Waals surface area (Å²) in [5.41, 5.74) is 6.42. The van der Waals surface area contributed by atoms with Crippen LogP contribution in [-0.2, 0) is 6.42 Å². The Bertz CT molecular complexity index is 462. The number of hydrogen-bond donors (Lipinski definition) is 2. The molecule has 1 aromatic carbocycles. The number of hydrogen-bond acceptors (Lipinski definition) is 3. The highest BCUT2D eigenvalue weighted by Crippen LogP contribution is 2.23. The molecule has 1 aromatic heterocycles. The second kappa shape index (κ2) is 5.65. The summed E-state index contributed by atoms with van der Waals surface area (Å²) in [5.74, 6) is 5.63. The number of nitrogens with two attached hydrogens (primary N) is 1. The minimum Gasteiger partial charge on any atom is -0.271 e. The third-order valence-corrected chi connectivity index (χ3v) is 3.64. The van der Waals surface area contributed by atoms with Gasteiger partial charge in [0.15, 0.2) is 0 Å². The molecule has 0 spiro atoms. The lowest BCUT2D eigenvalue weighted by Gasteiger charge is -2.16. The van der Waals surface area contributed by atoms with Crippen molar-refractivity contribution in [1.82, 2.24) is 5.43 Å². The molecule has 2 rings (SSSR count). The molecule has 0 saturated heterocycles. The Kier molecular flexibility index (Phi) is 4.18. The van der Waals surface area contributed by atoms with Gasteiger partial charge in [-0.25, -0.2) is 0 Å². The van der Waals surface area contributed by atoms with Gasteiger partial charge in [-0.2, -0.15) is 11.3 Å². The van der Waals surface area contributed by atoms with Crippen LogP contribution in [0.2, 0.25) is 5.02 Å². The maximum atomic E-state index is 6.07. The molecule has 2 aromatic rings. The molecule has 0 aliphatic heterocycles. The van der Waals surface area contributed by atoms with E-state index in [2.05, 4.69) is 28.3 Å². The van der Waals surface area contributed by atoms with Crippen molar-refractivity contribution in [3.05, 3.63) is 56.7 Å². The van der Waals surface area contributed by atoms with Gasteiger partial charge in [-0.15, -0.1) is 0 Å². The molecule has 0 fully saturated rings. The van der Waals surface area contributed by atoms with Crippen LogP contribution in [0.1, 0.15) is 22.7 Å². The molecule has 0 aliphatic rings. The molecule has 1 heterocycles. The van der Waals surface area contributed by atoms with E-state index in [0.29, 0.717) is 0 Å². The summed E-state index contributed by atoms with van der Waals surface area (Å²) in [5, 5.41) is 4.97. The van der Waals surface area contributed by atoms with E-state index in [4.69, 9.17) is 17.4 Å². The largest absolute Gasteiger partial charge is 0.271 e. The van der Waals surface area contributed by atoms with Gasteiger partial charge in [0.1, 0.15) is 0 Å². The fourth-order valence-electron chi connectivity index (χ4n) is 1.88. The fraction of sp³-hybridized carbons (Fsp3) is 0.231. The van der Waals surface area contributed by atoms with Crippen LogP contribution in [0.4, 0.5) is 0 Å². The highest BCUT2D eigenvalue weighted by molar-refractivity contribution is 7.07. The Balaban J connectivity index is 2.22. The molecule has 1 atom stereocenters. The minimum atomic E-state index is 0.0991. The SMILES string of the molecule is Cc1cc(Cl)cc(C(Cc2ccsc2)NN)c1. The fourth-order valence-corrected chi connectivity index (χ4v) is 2.86. The van der Waals surface area contributed by atoms with Crippen LogP contribution in [0, 0.1) is 6.92 Å². The second-order valence-electron chi connectivity index (χ2n) is 4.12. The quantitative estimate of drug-likeness (QED) is 0.657. The minimum absolute atomic E-state index is 0.0991. The van der Waals surface area contributed by atoms with Crippen molar-refractivity contribution in [3.63, 3.8) is 0 Å². The van der Waals surface area contributed by atoms with Gasteiger partial charge < -0.3 is 0 Å². The third-order valence-electron chi connectivity index (χ3n) is 2.69. The van der Waals surface area contributed by atoms with E-state index in [9.17, 15) is 0 Å². The lowest BCUT2D eigenvalue weighted by Crippen LogP contribution is -2.29. The molecule has 0 aliphatic carbocycles. The van der Waals surface area contributed by atoms with Crippen LogP contribution in [-0.4, -0.2) is 0 Å². The molecule has 2 nitrogen and oxygen atoms in total. The Morgan fingerprint density at radius 2 is 2.24 bits per heavy atom. The van der Waals surface area contributed by atoms with Crippen molar-refractivity contribution in [2.75, 3.05) is 0 Å². The first-order valence-corrected chi connectivity index (χ1v) is 6.75. The van der Waals surface area contributed by atoms with Gasteiger partial charge in [-0.1, -0.05) is 17.7 Å². The van der Waals surface area contributed by atoms with Crippen molar-refractivity contribution in [2.45, 2.75) is 19.4 Å². The maximum Gasteiger partial charge on any atom is 0.0501 e. The van der Waals surface area contributed by atoms with E-state index in [-0.39, 0.29) is 6.04 Å². The van der Waals surface area contributed by atoms with E-state index < -0.39 is 0 Å². The number of nitrogens with one attached hydrogen (secondary N) is 1. The van der Waals surface area contributed by atoms with Crippen molar-refractivity contribution in [1.29, 1.82) is 0 Å². The van der Waals surface area contributed by atoms with Crippen LogP contribution in [0.3, 0.4) is 0 Å². The predicted octanol–water partition coefficient (Wildman–Crippen LogP) is 3.46. The Morgan fingerprint density at radius 1 is 1.41 bits per heavy atom. The van der Waals surface area contributed by atoms with Crippen LogP contribution < -0.4 is 11.3 Å². The molecular weight excluding hydrogens is 252 g/mol. The van der Waals surface area contributed by atoms with Gasteiger partial charge >= 0.3 is 0 Å². The van der Waals surface area contributed by atoms with Crippen molar-refractivity contribution >= 4 is 22.9 Å². The summed E-state index contributed by atoms with van der Waals surface area (Å²) >= 11 is 7.77. The number of halogens is 1. The van der Waals surface area contributed by atoms with Gasteiger partial charge in [0.2, 0.25) is 0 Å². The molecule has 90 valence electrons. The van der Waals surface area contributed by atoms with Crippen LogP contribution >= 0.6 is 22.9 Å². The zero-order chi connectivity index (χ0) is 12.3. The molecule has 1 unspecified atom stereocenters. The lowest BCUT2D eigenvalue weighted by molar-refractivity contribution is 0.552. The number of benzene rings is 1. The Morgan fingerprint density at radius 3 is 2.82 bits per heavy atom. The van der Waals surface area contributed by atoms with E-state index in [1.54, 1.807) is 11.3 Å². The summed E-state index contributed by atoms with van der Waals surface area (Å²) in [6.45, 7) is 2.04. The van der Waals surface area contributed by atoms with E-state index in [1.165, 1.54) is 5.56 Å². The third kappa shape index (κ3) is 3.30. The maximum absolute atomic E-state index is 6.07. The highest BCUT2D eigenvalue weighted by Gasteiger charge is 2.11. The van der Waals surface area contributed by atoms with Crippen molar-refractivity contribution in [2.24, 2.45) is 5.84 Å². The van der Waals surface area contributed by atoms with Crippen LogP contribution in [0.15, 0.2) is 35.0 Å². The highest BCUT2D eigenvalue weighted by atomic mass is 35.5. The van der Waals surface area contributed by atoms with Gasteiger partial charge in [-0.05, 0) is 59.0 Å². The second-order valence-corrected chi connectivity index (χ2v) is 5.33. The topological polar surface area (TPSA) is 38.0 Å². The molecule has 0 radical (unpaired) electrons.